The van der Waals surface area contributed by atoms with Crippen molar-refractivity contribution >= 4 is 32.9 Å². The van der Waals surface area contributed by atoms with Gasteiger partial charge in [0.05, 0.1) is 16.4 Å². The van der Waals surface area contributed by atoms with Gasteiger partial charge in [0.1, 0.15) is 12.4 Å². The summed E-state index contributed by atoms with van der Waals surface area (Å²) in [6.07, 6.45) is 1.76. The first-order valence-electron chi connectivity index (χ1n) is 8.29. The van der Waals surface area contributed by atoms with Gasteiger partial charge < -0.3 is 4.74 Å². The molecule has 0 aliphatic heterocycles. The van der Waals surface area contributed by atoms with E-state index >= 15 is 0 Å². The number of fused-ring (bicyclic) bond motifs is 1. The zero-order valence-corrected chi connectivity index (χ0v) is 14.8. The van der Waals surface area contributed by atoms with Gasteiger partial charge in [0.15, 0.2) is 0 Å². The third-order valence-electron chi connectivity index (χ3n) is 3.81. The van der Waals surface area contributed by atoms with Crippen LogP contribution in [0.4, 0.5) is 5.13 Å². The van der Waals surface area contributed by atoms with Gasteiger partial charge >= 0.3 is 0 Å². The summed E-state index contributed by atoms with van der Waals surface area (Å²) in [7, 11) is 0. The summed E-state index contributed by atoms with van der Waals surface area (Å²) in [4.78, 5) is 4.50. The predicted octanol–water partition coefficient (Wildman–Crippen LogP) is 5.32. The fourth-order valence-corrected chi connectivity index (χ4v) is 3.35. The van der Waals surface area contributed by atoms with Crippen LogP contribution >= 0.6 is 11.3 Å². The highest BCUT2D eigenvalue weighted by molar-refractivity contribution is 7.22. The molecule has 3 aromatic carbocycles. The molecule has 1 N–H and O–H groups in total. The van der Waals surface area contributed by atoms with E-state index in [-0.39, 0.29) is 0 Å². The summed E-state index contributed by atoms with van der Waals surface area (Å²) in [6, 6.07) is 26.0. The van der Waals surface area contributed by atoms with Crippen molar-refractivity contribution in [1.82, 2.24) is 4.98 Å². The van der Waals surface area contributed by atoms with Crippen LogP contribution in [0.25, 0.3) is 10.2 Å². The summed E-state index contributed by atoms with van der Waals surface area (Å²) in [5, 5.41) is 5.08. The van der Waals surface area contributed by atoms with E-state index in [0.29, 0.717) is 6.61 Å². The van der Waals surface area contributed by atoms with Crippen molar-refractivity contribution in [2.75, 3.05) is 5.43 Å². The maximum atomic E-state index is 5.94. The van der Waals surface area contributed by atoms with E-state index in [1.807, 2.05) is 72.8 Å². The Hall–Kier alpha value is -3.18. The molecule has 26 heavy (non-hydrogen) atoms. The molecule has 0 saturated carbocycles. The first kappa shape index (κ1) is 16.3. The van der Waals surface area contributed by atoms with Crippen LogP contribution in [0.2, 0.25) is 0 Å². The maximum absolute atomic E-state index is 5.94. The minimum Gasteiger partial charge on any atom is -0.488 e. The van der Waals surface area contributed by atoms with Crippen LogP contribution in [0, 0.1) is 0 Å². The Morgan fingerprint density at radius 3 is 2.58 bits per heavy atom. The normalized spacial score (nSPS) is 11.1. The molecule has 5 heteroatoms. The third-order valence-corrected chi connectivity index (χ3v) is 4.75. The molecule has 128 valence electrons. The van der Waals surface area contributed by atoms with Crippen LogP contribution in [0.15, 0.2) is 84.0 Å². The number of aromatic nitrogens is 1. The van der Waals surface area contributed by atoms with E-state index < -0.39 is 0 Å². The molecule has 0 unspecified atom stereocenters. The lowest BCUT2D eigenvalue weighted by Gasteiger charge is -2.08. The minimum atomic E-state index is 0.525. The lowest BCUT2D eigenvalue weighted by molar-refractivity contribution is 0.306. The van der Waals surface area contributed by atoms with Crippen LogP contribution in [0.1, 0.15) is 11.1 Å². The third kappa shape index (κ3) is 3.90. The number of nitrogens with zero attached hydrogens (tertiary/aromatic N) is 2. The molecule has 0 radical (unpaired) electrons. The molecular formula is C21H17N3OS. The molecule has 0 aliphatic rings. The Morgan fingerprint density at radius 2 is 1.69 bits per heavy atom. The molecule has 0 bridgehead atoms. The quantitative estimate of drug-likeness (QED) is 0.374. The van der Waals surface area contributed by atoms with Gasteiger partial charge in [-0.05, 0) is 29.8 Å². The minimum absolute atomic E-state index is 0.525. The van der Waals surface area contributed by atoms with Crippen molar-refractivity contribution in [2.24, 2.45) is 5.10 Å². The van der Waals surface area contributed by atoms with E-state index in [2.05, 4.69) is 21.6 Å². The molecule has 4 aromatic rings. The van der Waals surface area contributed by atoms with E-state index in [1.165, 1.54) is 0 Å². The average molecular weight is 359 g/mol. The Kier molecular flexibility index (Phi) is 4.89. The summed E-state index contributed by atoms with van der Waals surface area (Å²) >= 11 is 1.58. The molecule has 1 heterocycles. The van der Waals surface area contributed by atoms with Gasteiger partial charge in [-0.25, -0.2) is 4.98 Å². The van der Waals surface area contributed by atoms with Gasteiger partial charge in [0.25, 0.3) is 0 Å². The number of hydrogen-bond donors (Lipinski definition) is 1. The van der Waals surface area contributed by atoms with Crippen molar-refractivity contribution in [1.29, 1.82) is 0 Å². The predicted molar refractivity (Wildman–Crippen MR) is 108 cm³/mol. The first-order chi connectivity index (χ1) is 12.9. The molecular weight excluding hydrogens is 342 g/mol. The topological polar surface area (TPSA) is 46.5 Å². The van der Waals surface area contributed by atoms with Crippen LogP contribution < -0.4 is 10.2 Å². The SMILES string of the molecule is C(=N/Nc1nc2ccccc2s1)/c1ccccc1OCc1ccccc1. The highest BCUT2D eigenvalue weighted by Gasteiger charge is 2.03. The lowest BCUT2D eigenvalue weighted by atomic mass is 10.2. The van der Waals surface area contributed by atoms with E-state index in [9.17, 15) is 0 Å². The zero-order chi connectivity index (χ0) is 17.6. The van der Waals surface area contributed by atoms with Gasteiger partial charge in [-0.3, -0.25) is 5.43 Å². The second-order valence-corrected chi connectivity index (χ2v) is 6.70. The molecule has 1 aromatic heterocycles. The number of hydrazone groups is 1. The second kappa shape index (κ2) is 7.80. The number of para-hydroxylation sites is 2. The molecule has 0 spiro atoms. The zero-order valence-electron chi connectivity index (χ0n) is 14.0. The molecule has 4 nitrogen and oxygen atoms in total. The average Bonchev–Trinajstić information content (AvgIpc) is 3.11. The molecule has 0 aliphatic carbocycles. The van der Waals surface area contributed by atoms with Gasteiger partial charge in [-0.1, -0.05) is 65.9 Å². The molecule has 4 rings (SSSR count). The fraction of sp³-hybridized carbons (Fsp3) is 0.0476. The van der Waals surface area contributed by atoms with E-state index in [0.717, 1.165) is 32.2 Å². The number of ether oxygens (including phenoxy) is 1. The van der Waals surface area contributed by atoms with Crippen molar-refractivity contribution in [2.45, 2.75) is 6.61 Å². The smallest absolute Gasteiger partial charge is 0.204 e. The van der Waals surface area contributed by atoms with Gasteiger partial charge in [0, 0.05) is 5.56 Å². The number of hydrogen-bond acceptors (Lipinski definition) is 5. The monoisotopic (exact) mass is 359 g/mol. The Labute approximate surface area is 155 Å². The Bertz CT molecular complexity index is 995. The Morgan fingerprint density at radius 1 is 0.923 bits per heavy atom. The van der Waals surface area contributed by atoms with Crippen molar-refractivity contribution in [3.05, 3.63) is 90.0 Å². The van der Waals surface area contributed by atoms with Crippen molar-refractivity contribution in [3.8, 4) is 5.75 Å². The largest absolute Gasteiger partial charge is 0.488 e. The number of nitrogens with one attached hydrogen (secondary N) is 1. The fourth-order valence-electron chi connectivity index (χ4n) is 2.53. The first-order valence-corrected chi connectivity index (χ1v) is 9.10. The molecule has 0 amide bonds. The number of anilines is 1. The van der Waals surface area contributed by atoms with Crippen molar-refractivity contribution in [3.63, 3.8) is 0 Å². The van der Waals surface area contributed by atoms with Crippen LogP contribution in [-0.4, -0.2) is 11.2 Å². The highest BCUT2D eigenvalue weighted by atomic mass is 32.1. The van der Waals surface area contributed by atoms with Crippen LogP contribution in [0.5, 0.6) is 5.75 Å². The van der Waals surface area contributed by atoms with Crippen LogP contribution in [0.3, 0.4) is 0 Å². The van der Waals surface area contributed by atoms with Gasteiger partial charge in [0.2, 0.25) is 5.13 Å². The van der Waals surface area contributed by atoms with Crippen molar-refractivity contribution < 1.29 is 4.74 Å². The van der Waals surface area contributed by atoms with E-state index in [1.54, 1.807) is 17.6 Å². The summed E-state index contributed by atoms with van der Waals surface area (Å²) in [5.74, 6) is 0.797. The number of thiazole rings is 1. The molecule has 0 saturated heterocycles. The Balaban J connectivity index is 1.44. The number of rotatable bonds is 6. The van der Waals surface area contributed by atoms with Gasteiger partial charge in [-0.15, -0.1) is 0 Å². The van der Waals surface area contributed by atoms with Crippen LogP contribution in [-0.2, 0) is 6.61 Å². The standard InChI is InChI=1S/C21H17N3OS/c1-2-8-16(9-3-1)15-25-19-12-6-4-10-17(19)14-22-24-21-23-18-11-5-7-13-20(18)26-21/h1-14H,15H2,(H,23,24)/b22-14-. The summed E-state index contributed by atoms with van der Waals surface area (Å²) < 4.78 is 7.08. The number of benzene rings is 3. The molecule has 0 atom stereocenters. The summed E-state index contributed by atoms with van der Waals surface area (Å²) in [6.45, 7) is 0.525. The second-order valence-electron chi connectivity index (χ2n) is 5.67. The molecule has 0 fully saturated rings. The highest BCUT2D eigenvalue weighted by Crippen LogP contribution is 2.25. The van der Waals surface area contributed by atoms with E-state index in [4.69, 9.17) is 4.74 Å². The lowest BCUT2D eigenvalue weighted by Crippen LogP contribution is -1.98. The van der Waals surface area contributed by atoms with Gasteiger partial charge in [-0.2, -0.15) is 5.10 Å². The summed E-state index contributed by atoms with van der Waals surface area (Å²) in [5.41, 5.74) is 6.02. The maximum Gasteiger partial charge on any atom is 0.204 e.